The molecule has 182 valence electrons. The molecule has 1 saturated carbocycles. The van der Waals surface area contributed by atoms with Gasteiger partial charge in [0.05, 0.1) is 17.1 Å². The number of carbonyl (C=O) groups is 2. The lowest BCUT2D eigenvalue weighted by atomic mass is 9.81. The molecule has 0 unspecified atom stereocenters. The Morgan fingerprint density at radius 1 is 1.15 bits per heavy atom. The fourth-order valence-corrected chi connectivity index (χ4v) is 5.61. The van der Waals surface area contributed by atoms with Crippen LogP contribution in [0.1, 0.15) is 38.3 Å². The van der Waals surface area contributed by atoms with Gasteiger partial charge in [-0.05, 0) is 68.9 Å². The first-order valence-electron chi connectivity index (χ1n) is 11.5. The molecule has 1 aromatic heterocycles. The summed E-state index contributed by atoms with van der Waals surface area (Å²) in [4.78, 5) is 30.4. The van der Waals surface area contributed by atoms with Crippen molar-refractivity contribution >= 4 is 33.3 Å². The van der Waals surface area contributed by atoms with Crippen molar-refractivity contribution in [1.29, 1.82) is 0 Å². The van der Waals surface area contributed by atoms with E-state index in [1.165, 1.54) is 24.0 Å². The monoisotopic (exact) mass is 486 g/mol. The number of nitrogens with zero attached hydrogens (tertiary/aromatic N) is 2. The number of aryl methyl sites for hydroxylation is 1. The molecule has 2 amide bonds. The van der Waals surface area contributed by atoms with Crippen LogP contribution in [-0.4, -0.2) is 44.9 Å². The number of sulfonamides is 1. The van der Waals surface area contributed by atoms with Crippen LogP contribution >= 0.6 is 0 Å². The Hall–Kier alpha value is -2.98. The minimum atomic E-state index is -3.75. The van der Waals surface area contributed by atoms with E-state index in [9.17, 15) is 18.0 Å². The zero-order valence-electron chi connectivity index (χ0n) is 19.4. The zero-order chi connectivity index (χ0) is 24.3. The summed E-state index contributed by atoms with van der Waals surface area (Å²) < 4.78 is 34.1. The first-order valence-corrected chi connectivity index (χ1v) is 13.0. The van der Waals surface area contributed by atoms with E-state index in [0.29, 0.717) is 49.8 Å². The Kier molecular flexibility index (Phi) is 7.18. The minimum absolute atomic E-state index is 0.0385. The van der Waals surface area contributed by atoms with Gasteiger partial charge in [-0.2, -0.15) is 0 Å². The Bertz CT molecular complexity index is 1180. The summed E-state index contributed by atoms with van der Waals surface area (Å²) in [6, 6.07) is 10.1. The van der Waals surface area contributed by atoms with Crippen LogP contribution in [0.2, 0.25) is 0 Å². The number of carbonyl (C=O) groups excluding carboxylic acids is 2. The quantitative estimate of drug-likeness (QED) is 0.648. The van der Waals surface area contributed by atoms with Crippen molar-refractivity contribution in [2.75, 3.05) is 29.9 Å². The predicted molar refractivity (Wildman–Crippen MR) is 128 cm³/mol. The molecule has 0 bridgehead atoms. The number of anilines is 2. The standard InChI is InChI=1S/C24H30N4O5S/c1-16-4-3-5-23(26-16)27-24(30)19-8-6-18(7-9-19)15-25-34(31,32)20-10-11-22-21(14-20)28(17(2)29)12-13-33-22/h3-5,10-11,14,18-19,25H,6-9,12-13,15H2,1-2H3,(H,26,27,30). The summed E-state index contributed by atoms with van der Waals surface area (Å²) in [7, 11) is -3.75. The molecular formula is C24H30N4O5S. The van der Waals surface area contributed by atoms with E-state index in [-0.39, 0.29) is 28.5 Å². The third-order valence-corrected chi connectivity index (χ3v) is 7.82. The predicted octanol–water partition coefficient (Wildman–Crippen LogP) is 2.86. The number of aromatic nitrogens is 1. The van der Waals surface area contributed by atoms with Gasteiger partial charge in [-0.15, -0.1) is 0 Å². The van der Waals surface area contributed by atoms with Gasteiger partial charge in [0.2, 0.25) is 21.8 Å². The van der Waals surface area contributed by atoms with E-state index in [1.54, 1.807) is 12.1 Å². The molecule has 9 nitrogen and oxygen atoms in total. The Balaban J connectivity index is 1.31. The second-order valence-corrected chi connectivity index (χ2v) is 10.6. The normalized spacial score (nSPS) is 20.2. The molecule has 0 radical (unpaired) electrons. The molecule has 0 saturated heterocycles. The maximum Gasteiger partial charge on any atom is 0.240 e. The van der Waals surface area contributed by atoms with Gasteiger partial charge in [0.25, 0.3) is 0 Å². The maximum absolute atomic E-state index is 12.9. The van der Waals surface area contributed by atoms with E-state index >= 15 is 0 Å². The second kappa shape index (κ2) is 10.1. The number of rotatable bonds is 6. The van der Waals surface area contributed by atoms with E-state index in [1.807, 2.05) is 19.1 Å². The van der Waals surface area contributed by atoms with Gasteiger partial charge in [0.15, 0.2) is 0 Å². The summed E-state index contributed by atoms with van der Waals surface area (Å²) >= 11 is 0. The van der Waals surface area contributed by atoms with Crippen LogP contribution in [0.25, 0.3) is 0 Å². The maximum atomic E-state index is 12.9. The van der Waals surface area contributed by atoms with Crippen LogP contribution in [0.4, 0.5) is 11.5 Å². The smallest absolute Gasteiger partial charge is 0.240 e. The average Bonchev–Trinajstić information content (AvgIpc) is 2.82. The summed E-state index contributed by atoms with van der Waals surface area (Å²) in [6.07, 6.45) is 2.93. The average molecular weight is 487 g/mol. The lowest BCUT2D eigenvalue weighted by molar-refractivity contribution is -0.121. The molecule has 10 heteroatoms. The highest BCUT2D eigenvalue weighted by molar-refractivity contribution is 7.89. The van der Waals surface area contributed by atoms with E-state index in [4.69, 9.17) is 4.74 Å². The van der Waals surface area contributed by atoms with Crippen molar-refractivity contribution in [3.05, 3.63) is 42.1 Å². The molecule has 2 N–H and O–H groups in total. The molecule has 2 heterocycles. The molecule has 1 aliphatic carbocycles. The van der Waals surface area contributed by atoms with Crippen molar-refractivity contribution in [1.82, 2.24) is 9.71 Å². The third kappa shape index (κ3) is 5.56. The van der Waals surface area contributed by atoms with Crippen molar-refractivity contribution in [2.45, 2.75) is 44.4 Å². The summed E-state index contributed by atoms with van der Waals surface area (Å²) in [5.74, 6) is 0.907. The van der Waals surface area contributed by atoms with Crippen molar-refractivity contribution < 1.29 is 22.7 Å². The van der Waals surface area contributed by atoms with Crippen LogP contribution in [0.3, 0.4) is 0 Å². The fourth-order valence-electron chi connectivity index (χ4n) is 4.47. The van der Waals surface area contributed by atoms with Crippen molar-refractivity contribution in [3.8, 4) is 5.75 Å². The van der Waals surface area contributed by atoms with E-state index < -0.39 is 10.0 Å². The second-order valence-electron chi connectivity index (χ2n) is 8.87. The van der Waals surface area contributed by atoms with Crippen LogP contribution in [0, 0.1) is 18.8 Å². The molecule has 1 aliphatic heterocycles. The van der Waals surface area contributed by atoms with Gasteiger partial charge in [0.1, 0.15) is 18.2 Å². The van der Waals surface area contributed by atoms with Crippen LogP contribution in [0.15, 0.2) is 41.3 Å². The molecule has 1 fully saturated rings. The topological polar surface area (TPSA) is 118 Å². The minimum Gasteiger partial charge on any atom is -0.490 e. The zero-order valence-corrected chi connectivity index (χ0v) is 20.2. The number of benzene rings is 1. The molecule has 2 aromatic rings. The summed E-state index contributed by atoms with van der Waals surface area (Å²) in [6.45, 7) is 4.39. The van der Waals surface area contributed by atoms with Crippen molar-refractivity contribution in [3.63, 3.8) is 0 Å². The SMILES string of the molecule is CC(=O)N1CCOc2ccc(S(=O)(=O)NCC3CCC(C(=O)Nc4cccc(C)n4)CC3)cc21. The van der Waals surface area contributed by atoms with Gasteiger partial charge < -0.3 is 15.0 Å². The largest absolute Gasteiger partial charge is 0.490 e. The molecule has 2 aliphatic rings. The van der Waals surface area contributed by atoms with Gasteiger partial charge in [-0.1, -0.05) is 6.07 Å². The van der Waals surface area contributed by atoms with Crippen LogP contribution < -0.4 is 19.7 Å². The van der Waals surface area contributed by atoms with Crippen LogP contribution in [0.5, 0.6) is 5.75 Å². The van der Waals surface area contributed by atoms with E-state index in [0.717, 1.165) is 18.5 Å². The number of hydrogen-bond donors (Lipinski definition) is 2. The highest BCUT2D eigenvalue weighted by Gasteiger charge is 2.29. The Morgan fingerprint density at radius 2 is 1.91 bits per heavy atom. The number of nitrogens with one attached hydrogen (secondary N) is 2. The molecule has 4 rings (SSSR count). The third-order valence-electron chi connectivity index (χ3n) is 6.40. The number of ether oxygens (including phenoxy) is 1. The van der Waals surface area contributed by atoms with Gasteiger partial charge >= 0.3 is 0 Å². The summed E-state index contributed by atoms with van der Waals surface area (Å²) in [5, 5.41) is 2.88. The molecule has 1 aromatic carbocycles. The van der Waals surface area contributed by atoms with Gasteiger partial charge in [-0.3, -0.25) is 9.59 Å². The fraction of sp³-hybridized carbons (Fsp3) is 0.458. The highest BCUT2D eigenvalue weighted by atomic mass is 32.2. The highest BCUT2D eigenvalue weighted by Crippen LogP contribution is 2.34. The number of pyridine rings is 1. The molecule has 0 spiro atoms. The molecule has 0 atom stereocenters. The number of hydrogen-bond acceptors (Lipinski definition) is 6. The Morgan fingerprint density at radius 3 is 2.62 bits per heavy atom. The van der Waals surface area contributed by atoms with Gasteiger partial charge in [-0.25, -0.2) is 18.1 Å². The lowest BCUT2D eigenvalue weighted by Gasteiger charge is -2.29. The molecular weight excluding hydrogens is 456 g/mol. The first-order chi connectivity index (χ1) is 16.2. The van der Waals surface area contributed by atoms with E-state index in [2.05, 4.69) is 15.0 Å². The van der Waals surface area contributed by atoms with Crippen molar-refractivity contribution in [2.24, 2.45) is 11.8 Å². The Labute approximate surface area is 199 Å². The summed E-state index contributed by atoms with van der Waals surface area (Å²) in [5.41, 5.74) is 1.31. The van der Waals surface area contributed by atoms with Gasteiger partial charge in [0, 0.05) is 25.1 Å². The number of fused-ring (bicyclic) bond motifs is 1. The lowest BCUT2D eigenvalue weighted by Crippen LogP contribution is -2.37. The molecule has 34 heavy (non-hydrogen) atoms. The number of amides is 2. The van der Waals surface area contributed by atoms with Crippen LogP contribution in [-0.2, 0) is 19.6 Å². The first kappa shape index (κ1) is 24.2.